The van der Waals surface area contributed by atoms with Crippen molar-refractivity contribution in [1.82, 2.24) is 0 Å². The van der Waals surface area contributed by atoms with Crippen molar-refractivity contribution >= 4 is 46.8 Å². The Bertz CT molecular complexity index is 209. The van der Waals surface area contributed by atoms with Crippen LogP contribution in [0.2, 0.25) is 18.1 Å². The number of rotatable bonds is 4. The molecule has 0 spiro atoms. The van der Waals surface area contributed by atoms with E-state index in [1.54, 1.807) is 0 Å². The van der Waals surface area contributed by atoms with Gasteiger partial charge < -0.3 is 4.43 Å². The van der Waals surface area contributed by atoms with Gasteiger partial charge in [0.15, 0.2) is 8.32 Å². The fourth-order valence-electron chi connectivity index (χ4n) is 0.611. The highest BCUT2D eigenvalue weighted by molar-refractivity contribution is 14.1. The molecule has 0 aromatic heterocycles. The third kappa shape index (κ3) is 5.28. The number of hydrogen-bond acceptors (Lipinski definition) is 1. The normalized spacial score (nSPS) is 14.6. The zero-order valence-electron chi connectivity index (χ0n) is 9.66. The molecule has 0 aliphatic rings. The summed E-state index contributed by atoms with van der Waals surface area (Å²) in [6.07, 6.45) is 2.15. The second-order valence-corrected chi connectivity index (χ2v) is 11.6. The minimum absolute atomic E-state index is 0.306. The monoisotopic (exact) mass is 390 g/mol. The molecule has 84 valence electrons. The van der Waals surface area contributed by atoms with E-state index in [0.29, 0.717) is 5.04 Å². The van der Waals surface area contributed by atoms with Crippen LogP contribution in [-0.2, 0) is 4.43 Å². The first-order valence-electron chi connectivity index (χ1n) is 4.75. The minimum atomic E-state index is -1.55. The fourth-order valence-corrected chi connectivity index (χ4v) is 1.95. The third-order valence-electron chi connectivity index (χ3n) is 2.68. The summed E-state index contributed by atoms with van der Waals surface area (Å²) in [5.74, 6) is 0. The molecule has 0 fully saturated rings. The summed E-state index contributed by atoms with van der Waals surface area (Å²) < 4.78 is 7.31. The average Bonchev–Trinajstić information content (AvgIpc) is 2.01. The summed E-state index contributed by atoms with van der Waals surface area (Å²) >= 11 is 5.74. The molecule has 1 nitrogen and oxygen atoms in total. The lowest BCUT2D eigenvalue weighted by atomic mass is 10.2. The molecule has 14 heavy (non-hydrogen) atoms. The van der Waals surface area contributed by atoms with Crippen molar-refractivity contribution in [1.29, 1.82) is 0 Å². The van der Waals surface area contributed by atoms with Gasteiger partial charge in [0.1, 0.15) is 0 Å². The lowest BCUT2D eigenvalue weighted by Gasteiger charge is -2.35. The van der Waals surface area contributed by atoms with E-state index in [0.717, 1.165) is 11.9 Å². The van der Waals surface area contributed by atoms with E-state index >= 15 is 0 Å². The Morgan fingerprint density at radius 3 is 2.29 bits per heavy atom. The van der Waals surface area contributed by atoms with Crippen molar-refractivity contribution in [3.05, 3.63) is 9.66 Å². The molecule has 0 saturated carbocycles. The Balaban J connectivity index is 4.14. The molecule has 0 saturated heterocycles. The predicted molar refractivity (Wildman–Crippen MR) is 79.0 cm³/mol. The number of hydrogen-bond donors (Lipinski definition) is 0. The van der Waals surface area contributed by atoms with Gasteiger partial charge in [-0.25, -0.2) is 0 Å². The van der Waals surface area contributed by atoms with E-state index < -0.39 is 8.32 Å². The summed E-state index contributed by atoms with van der Waals surface area (Å²) in [5, 5.41) is 1.23. The van der Waals surface area contributed by atoms with Crippen LogP contribution in [0.25, 0.3) is 0 Å². The first-order chi connectivity index (χ1) is 6.20. The van der Waals surface area contributed by atoms with Gasteiger partial charge in [0.05, 0.1) is 6.61 Å². The molecule has 0 N–H and O–H groups in total. The van der Waals surface area contributed by atoms with Crippen molar-refractivity contribution in [2.24, 2.45) is 0 Å². The summed E-state index contributed by atoms with van der Waals surface area (Å²) in [7, 11) is -1.55. The molecule has 0 bridgehead atoms. The van der Waals surface area contributed by atoms with Gasteiger partial charge in [0.2, 0.25) is 0 Å². The Kier molecular flexibility index (Phi) is 6.49. The third-order valence-corrected chi connectivity index (χ3v) is 9.66. The Morgan fingerprint density at radius 1 is 1.43 bits per heavy atom. The Hall–Kier alpha value is 1.13. The van der Waals surface area contributed by atoms with Crippen molar-refractivity contribution in [3.63, 3.8) is 0 Å². The van der Waals surface area contributed by atoms with Gasteiger partial charge in [0, 0.05) is 5.33 Å². The highest BCUT2D eigenvalue weighted by atomic mass is 127. The molecule has 0 atom stereocenters. The molecule has 0 unspecified atom stereocenters. The summed E-state index contributed by atoms with van der Waals surface area (Å²) in [4.78, 5) is 0. The smallest absolute Gasteiger partial charge is 0.192 e. The molecule has 4 heteroatoms. The molecule has 0 aliphatic carbocycles. The van der Waals surface area contributed by atoms with Crippen LogP contribution in [0.3, 0.4) is 0 Å². The predicted octanol–water partition coefficient (Wildman–Crippen LogP) is 4.72. The zero-order valence-corrected chi connectivity index (χ0v) is 14.4. The highest BCUT2D eigenvalue weighted by Gasteiger charge is 2.36. The maximum atomic E-state index is 6.00. The van der Waals surface area contributed by atoms with Gasteiger partial charge in [-0.1, -0.05) is 42.8 Å². The van der Waals surface area contributed by atoms with Gasteiger partial charge >= 0.3 is 0 Å². The van der Waals surface area contributed by atoms with Crippen LogP contribution in [0.15, 0.2) is 9.66 Å². The van der Waals surface area contributed by atoms with Crippen molar-refractivity contribution < 1.29 is 4.43 Å². The van der Waals surface area contributed by atoms with Gasteiger partial charge in [0.25, 0.3) is 0 Å². The topological polar surface area (TPSA) is 9.23 Å². The first kappa shape index (κ1) is 15.1. The molecule has 0 aromatic carbocycles. The molecular weight excluding hydrogens is 371 g/mol. The summed E-state index contributed by atoms with van der Waals surface area (Å²) in [6, 6.07) is 0. The molecule has 0 amide bonds. The largest absolute Gasteiger partial charge is 0.413 e. The van der Waals surface area contributed by atoms with E-state index in [-0.39, 0.29) is 0 Å². The molecular formula is C10H20BrIOSi. The van der Waals surface area contributed by atoms with Gasteiger partial charge in [-0.05, 0) is 44.3 Å². The average molecular weight is 391 g/mol. The Morgan fingerprint density at radius 2 is 1.93 bits per heavy atom. The van der Waals surface area contributed by atoms with E-state index in [1.807, 2.05) is 0 Å². The highest BCUT2D eigenvalue weighted by Crippen LogP contribution is 2.36. The minimum Gasteiger partial charge on any atom is -0.413 e. The van der Waals surface area contributed by atoms with Gasteiger partial charge in [-0.15, -0.1) is 0 Å². The van der Waals surface area contributed by atoms with Crippen LogP contribution in [0.1, 0.15) is 20.8 Å². The van der Waals surface area contributed by atoms with Gasteiger partial charge in [-0.3, -0.25) is 0 Å². The maximum absolute atomic E-state index is 6.00. The van der Waals surface area contributed by atoms with Gasteiger partial charge in [-0.2, -0.15) is 0 Å². The number of allylic oxidation sites excluding steroid dienone is 1. The summed E-state index contributed by atoms with van der Waals surface area (Å²) in [6.45, 7) is 12.1. The SMILES string of the molecule is CC(C)(C)[Si](C)(C)OC/C=C(\I)CBr. The van der Waals surface area contributed by atoms with Crippen molar-refractivity contribution in [2.45, 2.75) is 38.9 Å². The number of alkyl halides is 1. The maximum Gasteiger partial charge on any atom is 0.192 e. The van der Waals surface area contributed by atoms with Crippen LogP contribution in [0.5, 0.6) is 0 Å². The fraction of sp³-hybridized carbons (Fsp3) is 0.800. The van der Waals surface area contributed by atoms with E-state index in [9.17, 15) is 0 Å². The molecule has 0 rings (SSSR count). The van der Waals surface area contributed by atoms with Crippen molar-refractivity contribution in [2.75, 3.05) is 11.9 Å². The quantitative estimate of drug-likeness (QED) is 0.383. The molecule has 0 radical (unpaired) electrons. The van der Waals surface area contributed by atoms with Crippen LogP contribution in [-0.4, -0.2) is 20.3 Å². The Labute approximate surface area is 111 Å². The first-order valence-corrected chi connectivity index (χ1v) is 9.86. The lowest BCUT2D eigenvalue weighted by Crippen LogP contribution is -2.40. The van der Waals surface area contributed by atoms with Crippen molar-refractivity contribution in [3.8, 4) is 0 Å². The van der Waals surface area contributed by atoms with Crippen LogP contribution in [0.4, 0.5) is 0 Å². The van der Waals surface area contributed by atoms with E-state index in [2.05, 4.69) is 78.5 Å². The molecule has 0 aliphatic heterocycles. The number of halogens is 2. The van der Waals surface area contributed by atoms with E-state index in [1.165, 1.54) is 3.58 Å². The summed E-state index contributed by atoms with van der Waals surface area (Å²) in [5.41, 5.74) is 0. The zero-order chi connectivity index (χ0) is 11.4. The lowest BCUT2D eigenvalue weighted by molar-refractivity contribution is 0.328. The van der Waals surface area contributed by atoms with Crippen LogP contribution >= 0.6 is 38.5 Å². The van der Waals surface area contributed by atoms with Crippen LogP contribution < -0.4 is 0 Å². The van der Waals surface area contributed by atoms with E-state index in [4.69, 9.17) is 4.43 Å². The standard InChI is InChI=1S/C10H20BrIOSi/c1-10(2,3)14(4,5)13-7-6-9(12)8-11/h6H,7-8H2,1-5H3/b9-6-. The molecule has 0 heterocycles. The molecule has 0 aromatic rings. The van der Waals surface area contributed by atoms with Crippen LogP contribution in [0, 0.1) is 0 Å². The second kappa shape index (κ2) is 6.01. The second-order valence-electron chi connectivity index (χ2n) is 4.86.